The van der Waals surface area contributed by atoms with Crippen molar-refractivity contribution >= 4 is 23.5 Å². The summed E-state index contributed by atoms with van der Waals surface area (Å²) in [7, 11) is 0. The fourth-order valence-electron chi connectivity index (χ4n) is 2.36. The molecule has 7 heteroatoms. The Morgan fingerprint density at radius 1 is 1.23 bits per heavy atom. The molecule has 0 bridgehead atoms. The SMILES string of the molecule is O=C1NC(Cc2ccc(N/N=C3\CCCOC3=O)cc2)CO1. The molecule has 1 aromatic rings. The zero-order chi connectivity index (χ0) is 15.4. The van der Waals surface area contributed by atoms with Crippen molar-refractivity contribution in [3.05, 3.63) is 29.8 Å². The molecule has 0 spiro atoms. The molecular weight excluding hydrogens is 286 g/mol. The normalized spacial score (nSPS) is 22.9. The number of ether oxygens (including phenoxy) is 2. The van der Waals surface area contributed by atoms with Gasteiger partial charge in [0.05, 0.1) is 18.3 Å². The van der Waals surface area contributed by atoms with Crippen molar-refractivity contribution in [1.82, 2.24) is 5.32 Å². The van der Waals surface area contributed by atoms with Gasteiger partial charge in [-0.1, -0.05) is 12.1 Å². The van der Waals surface area contributed by atoms with E-state index >= 15 is 0 Å². The molecule has 0 aromatic heterocycles. The predicted octanol–water partition coefficient (Wildman–Crippen LogP) is 1.44. The van der Waals surface area contributed by atoms with E-state index in [0.717, 1.165) is 17.7 Å². The Labute approximate surface area is 127 Å². The molecule has 2 aliphatic rings. The highest BCUT2D eigenvalue weighted by Gasteiger charge is 2.22. The topological polar surface area (TPSA) is 89.0 Å². The molecule has 3 rings (SSSR count). The number of hydrogen-bond donors (Lipinski definition) is 2. The third kappa shape index (κ3) is 3.55. The molecule has 22 heavy (non-hydrogen) atoms. The van der Waals surface area contributed by atoms with Gasteiger partial charge in [-0.25, -0.2) is 9.59 Å². The number of anilines is 1. The van der Waals surface area contributed by atoms with Crippen molar-refractivity contribution in [2.45, 2.75) is 25.3 Å². The quantitative estimate of drug-likeness (QED) is 0.649. The van der Waals surface area contributed by atoms with Gasteiger partial charge >= 0.3 is 12.1 Å². The van der Waals surface area contributed by atoms with Crippen LogP contribution in [0.2, 0.25) is 0 Å². The van der Waals surface area contributed by atoms with Gasteiger partial charge in [-0.2, -0.15) is 5.10 Å². The lowest BCUT2D eigenvalue weighted by molar-refractivity contribution is -0.137. The summed E-state index contributed by atoms with van der Waals surface area (Å²) in [6.45, 7) is 0.864. The van der Waals surface area contributed by atoms with Crippen LogP contribution in [0.5, 0.6) is 0 Å². The van der Waals surface area contributed by atoms with E-state index in [-0.39, 0.29) is 18.1 Å². The number of esters is 1. The van der Waals surface area contributed by atoms with Crippen LogP contribution in [-0.4, -0.2) is 37.0 Å². The highest BCUT2D eigenvalue weighted by Crippen LogP contribution is 2.13. The highest BCUT2D eigenvalue weighted by molar-refractivity contribution is 6.36. The summed E-state index contributed by atoms with van der Waals surface area (Å²) in [6.07, 6.45) is 1.79. The van der Waals surface area contributed by atoms with E-state index in [4.69, 9.17) is 9.47 Å². The first-order chi connectivity index (χ1) is 10.7. The Balaban J connectivity index is 1.56. The lowest BCUT2D eigenvalue weighted by Crippen LogP contribution is -2.28. The fraction of sp³-hybridized carbons (Fsp3) is 0.400. The van der Waals surface area contributed by atoms with Gasteiger partial charge in [0, 0.05) is 6.42 Å². The molecule has 7 nitrogen and oxygen atoms in total. The third-order valence-electron chi connectivity index (χ3n) is 3.52. The first-order valence-electron chi connectivity index (χ1n) is 7.22. The molecule has 1 amide bonds. The van der Waals surface area contributed by atoms with E-state index in [2.05, 4.69) is 15.8 Å². The zero-order valence-corrected chi connectivity index (χ0v) is 12.0. The number of carbonyl (C=O) groups is 2. The molecule has 1 unspecified atom stereocenters. The van der Waals surface area contributed by atoms with Crippen molar-refractivity contribution in [1.29, 1.82) is 0 Å². The van der Waals surface area contributed by atoms with Crippen LogP contribution in [0.25, 0.3) is 0 Å². The number of rotatable bonds is 4. The third-order valence-corrected chi connectivity index (χ3v) is 3.52. The van der Waals surface area contributed by atoms with E-state index in [1.165, 1.54) is 0 Å². The second-order valence-electron chi connectivity index (χ2n) is 5.25. The summed E-state index contributed by atoms with van der Waals surface area (Å²) < 4.78 is 9.78. The Bertz CT molecular complexity index is 597. The maximum atomic E-state index is 11.5. The fourth-order valence-corrected chi connectivity index (χ4v) is 2.36. The number of benzene rings is 1. The number of nitrogens with zero attached hydrogens (tertiary/aromatic N) is 1. The number of hydrazone groups is 1. The lowest BCUT2D eigenvalue weighted by atomic mass is 10.1. The number of carbonyl (C=O) groups excluding carboxylic acids is 2. The van der Waals surface area contributed by atoms with Crippen LogP contribution in [0.1, 0.15) is 18.4 Å². The maximum Gasteiger partial charge on any atom is 0.407 e. The molecule has 1 aromatic carbocycles. The van der Waals surface area contributed by atoms with Gasteiger partial charge in [-0.3, -0.25) is 5.43 Å². The van der Waals surface area contributed by atoms with Crippen LogP contribution in [0.3, 0.4) is 0 Å². The first-order valence-corrected chi connectivity index (χ1v) is 7.22. The maximum absolute atomic E-state index is 11.5. The van der Waals surface area contributed by atoms with E-state index in [9.17, 15) is 9.59 Å². The van der Waals surface area contributed by atoms with Gasteiger partial charge in [0.15, 0.2) is 0 Å². The summed E-state index contributed by atoms with van der Waals surface area (Å²) in [5, 5.41) is 6.83. The van der Waals surface area contributed by atoms with Gasteiger partial charge in [0.2, 0.25) is 0 Å². The van der Waals surface area contributed by atoms with Gasteiger partial charge in [-0.15, -0.1) is 0 Å². The van der Waals surface area contributed by atoms with Crippen molar-refractivity contribution in [2.24, 2.45) is 5.10 Å². The van der Waals surface area contributed by atoms with Crippen molar-refractivity contribution in [3.8, 4) is 0 Å². The van der Waals surface area contributed by atoms with E-state index in [0.29, 0.717) is 31.8 Å². The number of alkyl carbamates (subject to hydrolysis) is 1. The minimum atomic E-state index is -0.363. The predicted molar refractivity (Wildman–Crippen MR) is 79.7 cm³/mol. The van der Waals surface area contributed by atoms with Crippen molar-refractivity contribution < 1.29 is 19.1 Å². The molecule has 2 N–H and O–H groups in total. The highest BCUT2D eigenvalue weighted by atomic mass is 16.6. The summed E-state index contributed by atoms with van der Waals surface area (Å²) in [4.78, 5) is 22.4. The minimum absolute atomic E-state index is 0.0172. The largest absolute Gasteiger partial charge is 0.461 e. The van der Waals surface area contributed by atoms with Crippen LogP contribution in [-0.2, 0) is 20.7 Å². The Kier molecular flexibility index (Phi) is 4.22. The van der Waals surface area contributed by atoms with Gasteiger partial charge in [-0.05, 0) is 30.5 Å². The van der Waals surface area contributed by atoms with E-state index in [1.807, 2.05) is 24.3 Å². The van der Waals surface area contributed by atoms with Crippen molar-refractivity contribution in [3.63, 3.8) is 0 Å². The van der Waals surface area contributed by atoms with E-state index < -0.39 is 0 Å². The molecule has 2 heterocycles. The second kappa shape index (κ2) is 6.46. The molecule has 0 radical (unpaired) electrons. The Hall–Kier alpha value is -2.57. The van der Waals surface area contributed by atoms with Gasteiger partial charge < -0.3 is 14.8 Å². The lowest BCUT2D eigenvalue weighted by Gasteiger charge is -2.13. The van der Waals surface area contributed by atoms with Gasteiger partial charge in [0.25, 0.3) is 0 Å². The molecule has 2 saturated heterocycles. The minimum Gasteiger partial charge on any atom is -0.461 e. The zero-order valence-electron chi connectivity index (χ0n) is 12.0. The summed E-state index contributed by atoms with van der Waals surface area (Å²) in [5.74, 6) is -0.354. The van der Waals surface area contributed by atoms with Crippen LogP contribution in [0, 0.1) is 0 Å². The number of amides is 1. The smallest absolute Gasteiger partial charge is 0.407 e. The summed E-state index contributed by atoms with van der Waals surface area (Å²) >= 11 is 0. The molecule has 1 atom stereocenters. The first kappa shape index (κ1) is 14.4. The average molecular weight is 303 g/mol. The monoisotopic (exact) mass is 303 g/mol. The van der Waals surface area contributed by atoms with Crippen LogP contribution in [0.15, 0.2) is 29.4 Å². The molecule has 2 fully saturated rings. The number of cyclic esters (lactones) is 2. The number of nitrogens with one attached hydrogen (secondary N) is 2. The Morgan fingerprint density at radius 3 is 2.73 bits per heavy atom. The molecule has 0 aliphatic carbocycles. The summed E-state index contributed by atoms with van der Waals surface area (Å²) in [5.41, 5.74) is 5.16. The van der Waals surface area contributed by atoms with Crippen LogP contribution >= 0.6 is 0 Å². The van der Waals surface area contributed by atoms with Crippen LogP contribution < -0.4 is 10.7 Å². The van der Waals surface area contributed by atoms with Gasteiger partial charge in [0.1, 0.15) is 12.3 Å². The number of hydrogen-bond acceptors (Lipinski definition) is 6. The molecular formula is C15H17N3O4. The van der Waals surface area contributed by atoms with E-state index in [1.54, 1.807) is 0 Å². The van der Waals surface area contributed by atoms with Crippen LogP contribution in [0.4, 0.5) is 10.5 Å². The standard InChI is InChI=1S/C15H17N3O4/c19-14-13(2-1-7-21-14)18-17-11-5-3-10(4-6-11)8-12-9-22-15(20)16-12/h3-6,12,17H,1-2,7-9H2,(H,16,20)/b18-13+. The average Bonchev–Trinajstić information content (AvgIpc) is 2.93. The molecule has 2 aliphatic heterocycles. The van der Waals surface area contributed by atoms with Crippen molar-refractivity contribution in [2.75, 3.05) is 18.6 Å². The molecule has 0 saturated carbocycles. The Morgan fingerprint density at radius 2 is 2.05 bits per heavy atom. The second-order valence-corrected chi connectivity index (χ2v) is 5.25. The summed E-state index contributed by atoms with van der Waals surface area (Å²) in [6, 6.07) is 7.68. The molecule has 116 valence electrons.